The van der Waals surface area contributed by atoms with Gasteiger partial charge in [0.2, 0.25) is 0 Å². The number of carbonyl (C=O) groups excluding carboxylic acids is 1. The normalized spacial score (nSPS) is 30.4. The minimum absolute atomic E-state index is 0.0407. The van der Waals surface area contributed by atoms with E-state index in [1.165, 1.54) is 0 Å². The SMILES string of the molecule is CNc1ccc2oc(C[C@@H]3O[C@]4(CC[C@@H]3C)O[C@H]([C@H](C)C(=O)c3ccc[nH]3)[C@H](C)C[C@@H]4C)nc2c1C(=O)O. The number of nitrogens with one attached hydrogen (secondary N) is 2. The molecule has 0 unspecified atom stereocenters. The van der Waals surface area contributed by atoms with Crippen LogP contribution in [-0.2, 0) is 15.9 Å². The molecule has 9 heteroatoms. The van der Waals surface area contributed by atoms with E-state index in [1.807, 2.05) is 13.0 Å². The fourth-order valence-corrected chi connectivity index (χ4v) is 6.27. The number of fused-ring (bicyclic) bond motifs is 1. The van der Waals surface area contributed by atoms with E-state index in [1.54, 1.807) is 31.4 Å². The lowest BCUT2D eigenvalue weighted by Crippen LogP contribution is -2.58. The van der Waals surface area contributed by atoms with Gasteiger partial charge in [0.1, 0.15) is 11.1 Å². The molecule has 0 radical (unpaired) electrons. The maximum absolute atomic E-state index is 13.1. The summed E-state index contributed by atoms with van der Waals surface area (Å²) in [7, 11) is 1.68. The lowest BCUT2D eigenvalue weighted by Gasteiger charge is -2.53. The van der Waals surface area contributed by atoms with Crippen molar-refractivity contribution in [2.45, 2.75) is 71.4 Å². The van der Waals surface area contributed by atoms with Crippen LogP contribution in [0.15, 0.2) is 34.9 Å². The van der Waals surface area contributed by atoms with Gasteiger partial charge in [-0.05, 0) is 48.9 Å². The number of aromatic nitrogens is 2. The van der Waals surface area contributed by atoms with Gasteiger partial charge in [0.15, 0.2) is 23.0 Å². The molecule has 7 atom stereocenters. The smallest absolute Gasteiger partial charge is 0.340 e. The maximum Gasteiger partial charge on any atom is 0.340 e. The molecule has 38 heavy (non-hydrogen) atoms. The van der Waals surface area contributed by atoms with Crippen molar-refractivity contribution >= 4 is 28.5 Å². The van der Waals surface area contributed by atoms with Crippen molar-refractivity contribution in [1.82, 2.24) is 9.97 Å². The molecule has 9 nitrogen and oxygen atoms in total. The van der Waals surface area contributed by atoms with Crippen LogP contribution in [0.1, 0.15) is 73.7 Å². The molecule has 3 aromatic rings. The van der Waals surface area contributed by atoms with Crippen molar-refractivity contribution in [3.05, 3.63) is 47.6 Å². The van der Waals surface area contributed by atoms with Crippen LogP contribution in [0.5, 0.6) is 0 Å². The number of carboxylic acids is 1. The van der Waals surface area contributed by atoms with E-state index in [0.717, 1.165) is 19.3 Å². The highest BCUT2D eigenvalue weighted by molar-refractivity contribution is 6.06. The second-order valence-corrected chi connectivity index (χ2v) is 11.1. The van der Waals surface area contributed by atoms with E-state index in [2.05, 4.69) is 36.1 Å². The first-order chi connectivity index (χ1) is 18.1. The van der Waals surface area contributed by atoms with Crippen molar-refractivity contribution in [3.63, 3.8) is 0 Å². The van der Waals surface area contributed by atoms with E-state index in [9.17, 15) is 14.7 Å². The van der Waals surface area contributed by atoms with Gasteiger partial charge in [0.05, 0.1) is 30.0 Å². The summed E-state index contributed by atoms with van der Waals surface area (Å²) in [6.07, 6.45) is 4.22. The van der Waals surface area contributed by atoms with Gasteiger partial charge in [-0.15, -0.1) is 0 Å². The Morgan fingerprint density at radius 1 is 1.21 bits per heavy atom. The number of aromatic carboxylic acids is 1. The van der Waals surface area contributed by atoms with Gasteiger partial charge >= 0.3 is 5.97 Å². The standard InChI is InChI=1S/C29H37N3O6/c1-15-10-11-29(17(3)13-16(2)27(38-29)18(4)26(33)20-7-6-12-31-20)37-22(15)14-23-32-25-21(36-23)9-8-19(30-5)24(25)28(34)35/h6-9,12,15-18,22,27,30-31H,10-11,13-14H2,1-5H3,(H,34,35)/t15-,16+,17-,18+,22-,27-,29+/m0/s1. The molecule has 1 aromatic carbocycles. The summed E-state index contributed by atoms with van der Waals surface area (Å²) in [4.78, 5) is 32.7. The molecule has 2 aliphatic heterocycles. The summed E-state index contributed by atoms with van der Waals surface area (Å²) in [5.74, 6) is -1.11. The third kappa shape index (κ3) is 4.62. The quantitative estimate of drug-likeness (QED) is 0.345. The van der Waals surface area contributed by atoms with Gasteiger partial charge in [0.25, 0.3) is 0 Å². The molecule has 1 spiro atoms. The highest BCUT2D eigenvalue weighted by Crippen LogP contribution is 2.48. The molecule has 2 fully saturated rings. The van der Waals surface area contributed by atoms with Crippen molar-refractivity contribution < 1.29 is 28.6 Å². The van der Waals surface area contributed by atoms with E-state index in [4.69, 9.17) is 13.9 Å². The van der Waals surface area contributed by atoms with Crippen LogP contribution < -0.4 is 5.32 Å². The summed E-state index contributed by atoms with van der Waals surface area (Å²) in [6.45, 7) is 8.39. The number of hydrogen-bond donors (Lipinski definition) is 3. The Morgan fingerprint density at radius 3 is 2.68 bits per heavy atom. The lowest BCUT2D eigenvalue weighted by molar-refractivity contribution is -0.355. The van der Waals surface area contributed by atoms with Crippen LogP contribution in [0.3, 0.4) is 0 Å². The number of nitrogens with zero attached hydrogens (tertiary/aromatic N) is 1. The Labute approximate surface area is 222 Å². The van der Waals surface area contributed by atoms with Crippen molar-refractivity contribution in [2.24, 2.45) is 23.7 Å². The number of ether oxygens (including phenoxy) is 2. The van der Waals surface area contributed by atoms with E-state index in [0.29, 0.717) is 34.8 Å². The summed E-state index contributed by atoms with van der Waals surface area (Å²) in [6, 6.07) is 7.05. The first kappa shape index (κ1) is 26.4. The zero-order valence-corrected chi connectivity index (χ0v) is 22.6. The van der Waals surface area contributed by atoms with Crippen LogP contribution in [0.25, 0.3) is 11.1 Å². The molecule has 3 N–H and O–H groups in total. The molecule has 0 saturated carbocycles. The predicted octanol–water partition coefficient (Wildman–Crippen LogP) is 5.53. The van der Waals surface area contributed by atoms with Gasteiger partial charge in [-0.1, -0.05) is 27.7 Å². The first-order valence-electron chi connectivity index (χ1n) is 13.5. The molecule has 5 rings (SSSR count). The molecule has 0 aliphatic carbocycles. The van der Waals surface area contributed by atoms with Crippen molar-refractivity contribution in [1.29, 1.82) is 0 Å². The van der Waals surface area contributed by atoms with Crippen molar-refractivity contribution in [3.8, 4) is 0 Å². The van der Waals surface area contributed by atoms with Crippen LogP contribution in [-0.4, -0.2) is 51.9 Å². The van der Waals surface area contributed by atoms with Crippen LogP contribution >= 0.6 is 0 Å². The summed E-state index contributed by atoms with van der Waals surface area (Å²) >= 11 is 0. The molecule has 4 heterocycles. The monoisotopic (exact) mass is 523 g/mol. The summed E-state index contributed by atoms with van der Waals surface area (Å²) in [5.41, 5.74) is 1.93. The number of Topliss-reactive ketones (excluding diaryl/α,β-unsaturated/α-hetero) is 1. The topological polar surface area (TPSA) is 127 Å². The summed E-state index contributed by atoms with van der Waals surface area (Å²) < 4.78 is 19.6. The van der Waals surface area contributed by atoms with Gasteiger partial charge in [0, 0.05) is 31.5 Å². The van der Waals surface area contributed by atoms with Crippen LogP contribution in [0.2, 0.25) is 0 Å². The maximum atomic E-state index is 13.1. The number of carbonyl (C=O) groups is 2. The largest absolute Gasteiger partial charge is 0.478 e. The number of aromatic amines is 1. The molecule has 0 amide bonds. The van der Waals surface area contributed by atoms with Gasteiger partial charge in [-0.2, -0.15) is 0 Å². The zero-order valence-electron chi connectivity index (χ0n) is 22.6. The van der Waals surface area contributed by atoms with Crippen LogP contribution in [0, 0.1) is 23.7 Å². The Kier molecular flexibility index (Phi) is 7.09. The third-order valence-electron chi connectivity index (χ3n) is 8.54. The Balaban J connectivity index is 1.39. The Bertz CT molecular complexity index is 1320. The Morgan fingerprint density at radius 2 is 2.00 bits per heavy atom. The number of benzene rings is 1. The lowest BCUT2D eigenvalue weighted by atomic mass is 9.75. The molecular weight excluding hydrogens is 486 g/mol. The first-order valence-corrected chi connectivity index (χ1v) is 13.5. The van der Waals surface area contributed by atoms with Gasteiger partial charge in [-0.25, -0.2) is 9.78 Å². The molecular formula is C29H37N3O6. The van der Waals surface area contributed by atoms with E-state index >= 15 is 0 Å². The molecule has 2 saturated heterocycles. The molecule has 0 bridgehead atoms. The Hall–Kier alpha value is -3.17. The highest BCUT2D eigenvalue weighted by atomic mass is 16.7. The molecule has 204 valence electrons. The average Bonchev–Trinajstić information content (AvgIpc) is 3.57. The minimum atomic E-state index is -1.06. The number of ketones is 1. The summed E-state index contributed by atoms with van der Waals surface area (Å²) in [5, 5.41) is 12.7. The molecule has 2 aromatic heterocycles. The number of rotatable bonds is 7. The number of oxazole rings is 1. The fourth-order valence-electron chi connectivity index (χ4n) is 6.27. The zero-order chi connectivity index (χ0) is 27.2. The third-order valence-corrected chi connectivity index (χ3v) is 8.54. The van der Waals surface area contributed by atoms with Crippen molar-refractivity contribution in [2.75, 3.05) is 12.4 Å². The number of carboxylic acid groups (broad SMARTS) is 1. The van der Waals surface area contributed by atoms with E-state index in [-0.39, 0.29) is 47.2 Å². The minimum Gasteiger partial charge on any atom is -0.478 e. The number of hydrogen-bond acceptors (Lipinski definition) is 7. The second-order valence-electron chi connectivity index (χ2n) is 11.1. The fraction of sp³-hybridized carbons (Fsp3) is 0.552. The highest BCUT2D eigenvalue weighted by Gasteiger charge is 2.52. The average molecular weight is 524 g/mol. The van der Waals surface area contributed by atoms with Crippen LogP contribution in [0.4, 0.5) is 5.69 Å². The van der Waals surface area contributed by atoms with Gasteiger partial charge < -0.3 is 29.3 Å². The molecule has 2 aliphatic rings. The number of H-pyrrole nitrogens is 1. The van der Waals surface area contributed by atoms with Gasteiger partial charge in [-0.3, -0.25) is 4.79 Å². The second kappa shape index (κ2) is 10.2. The van der Waals surface area contributed by atoms with E-state index < -0.39 is 11.8 Å². The predicted molar refractivity (Wildman–Crippen MR) is 142 cm³/mol. The number of anilines is 1.